The maximum atomic E-state index is 14.2. The van der Waals surface area contributed by atoms with Gasteiger partial charge in [-0.05, 0) is 104 Å². The molecule has 5 nitrogen and oxygen atoms in total. The summed E-state index contributed by atoms with van der Waals surface area (Å²) in [5.74, 6) is 1.32. The molecule has 0 saturated heterocycles. The van der Waals surface area contributed by atoms with Crippen LogP contribution in [0.3, 0.4) is 0 Å². The summed E-state index contributed by atoms with van der Waals surface area (Å²) in [5, 5.41) is 11.0. The molecule has 10 atom stereocenters. The Morgan fingerprint density at radius 1 is 0.865 bits per heavy atom. The number of fused-ring (bicyclic) bond motifs is 7. The summed E-state index contributed by atoms with van der Waals surface area (Å²) in [6, 6.07) is 0. The Labute approximate surface area is 224 Å². The highest BCUT2D eigenvalue weighted by molar-refractivity contribution is 5.86. The fourth-order valence-corrected chi connectivity index (χ4v) is 11.3. The van der Waals surface area contributed by atoms with Crippen molar-refractivity contribution in [2.75, 3.05) is 14.2 Å². The van der Waals surface area contributed by atoms with E-state index in [2.05, 4.69) is 47.6 Å². The van der Waals surface area contributed by atoms with E-state index in [-0.39, 0.29) is 40.2 Å². The first-order valence-electron chi connectivity index (χ1n) is 14.8. The molecule has 0 aromatic heterocycles. The molecule has 0 aliphatic heterocycles. The summed E-state index contributed by atoms with van der Waals surface area (Å²) in [6.45, 7) is 13.9. The zero-order chi connectivity index (χ0) is 27.2. The Bertz CT molecular complexity index is 999. The molecule has 0 bridgehead atoms. The second kappa shape index (κ2) is 8.57. The van der Waals surface area contributed by atoms with Crippen molar-refractivity contribution >= 4 is 11.9 Å². The number of rotatable bonds is 2. The standard InChI is InChI=1S/C32H50O5/c1-19-11-16-31(26(34)36-7)17-18-32(27(35)37-8)21(25(31)20(19)2)9-10-23-29(5)14-13-24(33)28(3,4)22(29)12-15-30(23,32)6/h9,19-20,22-25,33H,10-18H2,1-8H3/t19-,20-,22-,23-,24-,25-,29-,30+,31-,32-/m0/s1. The van der Waals surface area contributed by atoms with Crippen LogP contribution in [0.4, 0.5) is 0 Å². The van der Waals surface area contributed by atoms with E-state index in [1.54, 1.807) is 7.11 Å². The lowest BCUT2D eigenvalue weighted by molar-refractivity contribution is -0.218. The summed E-state index contributed by atoms with van der Waals surface area (Å²) < 4.78 is 11.2. The average molecular weight is 515 g/mol. The molecule has 0 radical (unpaired) electrons. The molecule has 0 aromatic rings. The van der Waals surface area contributed by atoms with Crippen LogP contribution in [0.1, 0.15) is 99.3 Å². The van der Waals surface area contributed by atoms with Gasteiger partial charge in [-0.25, -0.2) is 0 Å². The van der Waals surface area contributed by atoms with E-state index < -0.39 is 10.8 Å². The summed E-state index contributed by atoms with van der Waals surface area (Å²) in [6.07, 6.45) is 9.99. The van der Waals surface area contributed by atoms with Crippen LogP contribution >= 0.6 is 0 Å². The minimum Gasteiger partial charge on any atom is -0.469 e. The minimum absolute atomic E-state index is 0.00414. The number of allylic oxidation sites excluding steroid dienone is 1. The monoisotopic (exact) mass is 514 g/mol. The highest BCUT2D eigenvalue weighted by Gasteiger charge is 2.73. The average Bonchev–Trinajstić information content (AvgIpc) is 2.87. The molecule has 5 rings (SSSR count). The second-order valence-electron chi connectivity index (χ2n) is 14.7. The van der Waals surface area contributed by atoms with Crippen molar-refractivity contribution in [3.8, 4) is 0 Å². The third kappa shape index (κ3) is 3.19. The molecular formula is C32H50O5. The summed E-state index contributed by atoms with van der Waals surface area (Å²) in [4.78, 5) is 27.7. The first-order chi connectivity index (χ1) is 17.3. The topological polar surface area (TPSA) is 72.8 Å². The maximum Gasteiger partial charge on any atom is 0.316 e. The van der Waals surface area contributed by atoms with E-state index in [0.29, 0.717) is 36.5 Å². The highest BCUT2D eigenvalue weighted by atomic mass is 16.5. The smallest absolute Gasteiger partial charge is 0.316 e. The van der Waals surface area contributed by atoms with Crippen molar-refractivity contribution in [1.29, 1.82) is 0 Å². The Morgan fingerprint density at radius 3 is 2.19 bits per heavy atom. The molecular weight excluding hydrogens is 464 g/mol. The summed E-state index contributed by atoms with van der Waals surface area (Å²) in [7, 11) is 3.07. The molecule has 0 amide bonds. The first kappa shape index (κ1) is 27.2. The maximum absolute atomic E-state index is 14.2. The number of carbonyl (C=O) groups excluding carboxylic acids is 2. The van der Waals surface area contributed by atoms with Crippen LogP contribution in [0.15, 0.2) is 11.6 Å². The highest BCUT2D eigenvalue weighted by Crippen LogP contribution is 2.76. The lowest BCUT2D eigenvalue weighted by atomic mass is 9.33. The van der Waals surface area contributed by atoms with Crippen molar-refractivity contribution in [3.63, 3.8) is 0 Å². The van der Waals surface area contributed by atoms with Gasteiger partial charge < -0.3 is 14.6 Å². The third-order valence-corrected chi connectivity index (χ3v) is 13.5. The van der Waals surface area contributed by atoms with Gasteiger partial charge in [0.1, 0.15) is 0 Å². The van der Waals surface area contributed by atoms with Gasteiger partial charge in [-0.2, -0.15) is 0 Å². The molecule has 4 saturated carbocycles. The SMILES string of the molecule is COC(=O)[C@]12CC[C@H](C)[C@H](C)[C@H]1C1=CC[C@H]3[C@@]4(C)CC[C@H](O)C(C)(C)[C@@H]4CC[C@@]3(C)[C@@]1(C(=O)OC)CC2. The van der Waals surface area contributed by atoms with Gasteiger partial charge in [0.05, 0.1) is 31.2 Å². The van der Waals surface area contributed by atoms with Gasteiger partial charge in [0.2, 0.25) is 0 Å². The Morgan fingerprint density at radius 2 is 1.54 bits per heavy atom. The predicted molar refractivity (Wildman–Crippen MR) is 143 cm³/mol. The van der Waals surface area contributed by atoms with E-state index >= 15 is 0 Å². The Kier molecular flexibility index (Phi) is 6.30. The number of aliphatic hydroxyl groups excluding tert-OH is 1. The molecule has 4 fully saturated rings. The van der Waals surface area contributed by atoms with Gasteiger partial charge in [0.15, 0.2) is 0 Å². The molecule has 5 aliphatic rings. The van der Waals surface area contributed by atoms with Gasteiger partial charge >= 0.3 is 11.9 Å². The van der Waals surface area contributed by atoms with Crippen LogP contribution in [0.2, 0.25) is 0 Å². The summed E-state index contributed by atoms with van der Waals surface area (Å²) >= 11 is 0. The van der Waals surface area contributed by atoms with Crippen molar-refractivity contribution in [2.24, 2.45) is 56.7 Å². The summed E-state index contributed by atoms with van der Waals surface area (Å²) in [5.41, 5.74) is -0.433. The van der Waals surface area contributed by atoms with Gasteiger partial charge in [-0.1, -0.05) is 53.2 Å². The third-order valence-electron chi connectivity index (χ3n) is 13.5. The lowest BCUT2D eigenvalue weighted by Crippen LogP contribution is -2.68. The number of hydrogen-bond donors (Lipinski definition) is 1. The predicted octanol–water partition coefficient (Wildman–Crippen LogP) is 6.33. The second-order valence-corrected chi connectivity index (χ2v) is 14.7. The Hall–Kier alpha value is -1.36. The van der Waals surface area contributed by atoms with Crippen LogP contribution in [0, 0.1) is 56.7 Å². The van der Waals surface area contributed by atoms with Crippen LogP contribution < -0.4 is 0 Å². The Balaban J connectivity index is 1.70. The number of esters is 2. The number of hydrogen-bond acceptors (Lipinski definition) is 5. The fourth-order valence-electron chi connectivity index (χ4n) is 11.3. The van der Waals surface area contributed by atoms with Crippen LogP contribution in [-0.2, 0) is 19.1 Å². The fraction of sp³-hybridized carbons (Fsp3) is 0.875. The minimum atomic E-state index is -0.716. The van der Waals surface area contributed by atoms with Gasteiger partial charge in [-0.3, -0.25) is 9.59 Å². The molecule has 0 aromatic carbocycles. The molecule has 208 valence electrons. The van der Waals surface area contributed by atoms with Crippen molar-refractivity contribution in [3.05, 3.63) is 11.6 Å². The number of aliphatic hydroxyl groups is 1. The van der Waals surface area contributed by atoms with E-state index in [9.17, 15) is 14.7 Å². The van der Waals surface area contributed by atoms with Crippen molar-refractivity contribution < 1.29 is 24.2 Å². The molecule has 0 spiro atoms. The zero-order valence-corrected chi connectivity index (χ0v) is 24.5. The normalized spacial score (nSPS) is 50.4. The largest absolute Gasteiger partial charge is 0.469 e. The molecule has 0 unspecified atom stereocenters. The van der Waals surface area contributed by atoms with E-state index in [4.69, 9.17) is 9.47 Å². The van der Waals surface area contributed by atoms with Crippen molar-refractivity contribution in [2.45, 2.75) is 105 Å². The van der Waals surface area contributed by atoms with Gasteiger partial charge in [0, 0.05) is 0 Å². The zero-order valence-electron chi connectivity index (χ0n) is 24.5. The van der Waals surface area contributed by atoms with E-state index in [1.165, 1.54) is 12.7 Å². The number of ether oxygens (including phenoxy) is 2. The quantitative estimate of drug-likeness (QED) is 0.344. The van der Waals surface area contributed by atoms with Crippen molar-refractivity contribution in [1.82, 2.24) is 0 Å². The van der Waals surface area contributed by atoms with Crippen LogP contribution in [0.5, 0.6) is 0 Å². The van der Waals surface area contributed by atoms with Crippen LogP contribution in [0.25, 0.3) is 0 Å². The van der Waals surface area contributed by atoms with E-state index in [1.807, 2.05) is 0 Å². The first-order valence-corrected chi connectivity index (χ1v) is 14.8. The molecule has 0 heterocycles. The lowest BCUT2D eigenvalue weighted by Gasteiger charge is -2.70. The molecule has 5 aliphatic carbocycles. The van der Waals surface area contributed by atoms with E-state index in [0.717, 1.165) is 44.9 Å². The molecule has 37 heavy (non-hydrogen) atoms. The number of carbonyl (C=O) groups is 2. The molecule has 1 N–H and O–H groups in total. The van der Waals surface area contributed by atoms with Gasteiger partial charge in [-0.15, -0.1) is 0 Å². The van der Waals surface area contributed by atoms with Gasteiger partial charge in [0.25, 0.3) is 0 Å². The molecule has 5 heteroatoms. The number of methoxy groups -OCH3 is 2. The van der Waals surface area contributed by atoms with Crippen LogP contribution in [-0.4, -0.2) is 37.4 Å².